The lowest BCUT2D eigenvalue weighted by Crippen LogP contribution is -2.45. The van der Waals surface area contributed by atoms with Crippen molar-refractivity contribution in [2.45, 2.75) is 58.9 Å². The maximum atomic E-state index is 12.0. The van der Waals surface area contributed by atoms with Crippen LogP contribution >= 0.6 is 0 Å². The summed E-state index contributed by atoms with van der Waals surface area (Å²) >= 11 is 0. The van der Waals surface area contributed by atoms with E-state index < -0.39 is 0 Å². The zero-order valence-corrected chi connectivity index (χ0v) is 13.5. The van der Waals surface area contributed by atoms with Crippen LogP contribution in [-0.2, 0) is 4.79 Å². The SMILES string of the molecule is CC(C)CCCC(C)NC(=O)CN1CCCC(CN)C1. The second-order valence-corrected chi connectivity index (χ2v) is 6.77. The van der Waals surface area contributed by atoms with Gasteiger partial charge in [-0.15, -0.1) is 0 Å². The van der Waals surface area contributed by atoms with Gasteiger partial charge in [0.25, 0.3) is 0 Å². The van der Waals surface area contributed by atoms with Gasteiger partial charge in [0.15, 0.2) is 0 Å². The molecule has 0 aromatic heterocycles. The molecule has 0 saturated carbocycles. The van der Waals surface area contributed by atoms with Crippen molar-refractivity contribution in [3.05, 3.63) is 0 Å². The lowest BCUT2D eigenvalue weighted by Gasteiger charge is -2.31. The van der Waals surface area contributed by atoms with E-state index >= 15 is 0 Å². The molecule has 1 saturated heterocycles. The first-order valence-corrected chi connectivity index (χ1v) is 8.23. The standard InChI is InChI=1S/C16H33N3O/c1-13(2)6-4-7-14(3)18-16(20)12-19-9-5-8-15(10-17)11-19/h13-15H,4-12,17H2,1-3H3,(H,18,20). The fourth-order valence-corrected chi connectivity index (χ4v) is 2.92. The monoisotopic (exact) mass is 283 g/mol. The molecule has 3 N–H and O–H groups in total. The highest BCUT2D eigenvalue weighted by Gasteiger charge is 2.20. The van der Waals surface area contributed by atoms with Crippen LogP contribution in [0.25, 0.3) is 0 Å². The van der Waals surface area contributed by atoms with E-state index in [4.69, 9.17) is 5.73 Å². The number of carbonyl (C=O) groups is 1. The van der Waals surface area contributed by atoms with E-state index in [-0.39, 0.29) is 11.9 Å². The minimum Gasteiger partial charge on any atom is -0.353 e. The van der Waals surface area contributed by atoms with Crippen LogP contribution in [0.2, 0.25) is 0 Å². The molecule has 20 heavy (non-hydrogen) atoms. The number of likely N-dealkylation sites (tertiary alicyclic amines) is 1. The van der Waals surface area contributed by atoms with Gasteiger partial charge in [0.1, 0.15) is 0 Å². The minimum atomic E-state index is 0.166. The maximum absolute atomic E-state index is 12.0. The molecule has 1 heterocycles. The Kier molecular flexibility index (Phi) is 8.15. The van der Waals surface area contributed by atoms with E-state index in [0.717, 1.165) is 32.0 Å². The third kappa shape index (κ3) is 7.25. The first-order valence-electron chi connectivity index (χ1n) is 8.23. The zero-order valence-electron chi connectivity index (χ0n) is 13.5. The molecule has 1 amide bonds. The summed E-state index contributed by atoms with van der Waals surface area (Å²) in [5, 5.41) is 3.12. The number of hydrogen-bond acceptors (Lipinski definition) is 3. The van der Waals surface area contributed by atoms with Gasteiger partial charge in [-0.3, -0.25) is 9.69 Å². The summed E-state index contributed by atoms with van der Waals surface area (Å²) in [4.78, 5) is 14.3. The van der Waals surface area contributed by atoms with Gasteiger partial charge in [0.2, 0.25) is 5.91 Å². The number of nitrogens with two attached hydrogens (primary N) is 1. The highest BCUT2D eigenvalue weighted by molar-refractivity contribution is 5.78. The molecule has 0 aliphatic carbocycles. The summed E-state index contributed by atoms with van der Waals surface area (Å²) in [6.45, 7) is 9.88. The molecule has 0 radical (unpaired) electrons. The van der Waals surface area contributed by atoms with E-state index in [9.17, 15) is 4.79 Å². The van der Waals surface area contributed by atoms with E-state index in [1.807, 2.05) is 0 Å². The topological polar surface area (TPSA) is 58.4 Å². The predicted octanol–water partition coefficient (Wildman–Crippen LogP) is 1.99. The molecular formula is C16H33N3O. The van der Waals surface area contributed by atoms with Crippen LogP contribution in [0.4, 0.5) is 0 Å². The summed E-state index contributed by atoms with van der Waals surface area (Å²) < 4.78 is 0. The summed E-state index contributed by atoms with van der Waals surface area (Å²) in [5.41, 5.74) is 5.73. The van der Waals surface area contributed by atoms with Crippen LogP contribution in [0.5, 0.6) is 0 Å². The quantitative estimate of drug-likeness (QED) is 0.716. The number of amides is 1. The molecule has 1 fully saturated rings. The van der Waals surface area contributed by atoms with Gasteiger partial charge in [-0.2, -0.15) is 0 Å². The number of rotatable bonds is 8. The molecule has 1 aliphatic heterocycles. The van der Waals surface area contributed by atoms with E-state index in [1.54, 1.807) is 0 Å². The van der Waals surface area contributed by atoms with Crippen molar-refractivity contribution in [1.82, 2.24) is 10.2 Å². The Hall–Kier alpha value is -0.610. The van der Waals surface area contributed by atoms with Gasteiger partial charge in [0.05, 0.1) is 6.54 Å². The predicted molar refractivity (Wildman–Crippen MR) is 84.5 cm³/mol. The lowest BCUT2D eigenvalue weighted by molar-refractivity contribution is -0.123. The van der Waals surface area contributed by atoms with Crippen molar-refractivity contribution in [2.24, 2.45) is 17.6 Å². The first kappa shape index (κ1) is 17.4. The average Bonchev–Trinajstić information content (AvgIpc) is 2.38. The smallest absolute Gasteiger partial charge is 0.234 e. The van der Waals surface area contributed by atoms with Crippen LogP contribution < -0.4 is 11.1 Å². The van der Waals surface area contributed by atoms with Crippen molar-refractivity contribution in [3.63, 3.8) is 0 Å². The second kappa shape index (κ2) is 9.35. The highest BCUT2D eigenvalue weighted by Crippen LogP contribution is 2.14. The fraction of sp³-hybridized carbons (Fsp3) is 0.938. The van der Waals surface area contributed by atoms with Crippen LogP contribution in [0.3, 0.4) is 0 Å². The Morgan fingerprint density at radius 1 is 1.35 bits per heavy atom. The number of nitrogens with one attached hydrogen (secondary N) is 1. The van der Waals surface area contributed by atoms with E-state index in [1.165, 1.54) is 25.7 Å². The molecule has 0 spiro atoms. The molecule has 4 nitrogen and oxygen atoms in total. The van der Waals surface area contributed by atoms with Crippen molar-refractivity contribution in [3.8, 4) is 0 Å². The number of piperidine rings is 1. The van der Waals surface area contributed by atoms with Crippen LogP contribution in [0, 0.1) is 11.8 Å². The summed E-state index contributed by atoms with van der Waals surface area (Å²) in [5.74, 6) is 1.49. The van der Waals surface area contributed by atoms with Crippen LogP contribution in [-0.4, -0.2) is 43.0 Å². The third-order valence-corrected chi connectivity index (χ3v) is 4.13. The minimum absolute atomic E-state index is 0.166. The summed E-state index contributed by atoms with van der Waals surface area (Å²) in [6, 6.07) is 0.288. The van der Waals surface area contributed by atoms with Crippen molar-refractivity contribution in [1.29, 1.82) is 0 Å². The van der Waals surface area contributed by atoms with Crippen molar-refractivity contribution >= 4 is 5.91 Å². The Morgan fingerprint density at radius 2 is 2.10 bits per heavy atom. The molecular weight excluding hydrogens is 250 g/mol. The normalized spacial score (nSPS) is 21.9. The van der Waals surface area contributed by atoms with Gasteiger partial charge in [-0.1, -0.05) is 26.7 Å². The zero-order chi connectivity index (χ0) is 15.0. The van der Waals surface area contributed by atoms with Crippen molar-refractivity contribution in [2.75, 3.05) is 26.2 Å². The van der Waals surface area contributed by atoms with Crippen molar-refractivity contribution < 1.29 is 4.79 Å². The first-order chi connectivity index (χ1) is 9.51. The van der Waals surface area contributed by atoms with Gasteiger partial charge >= 0.3 is 0 Å². The lowest BCUT2D eigenvalue weighted by atomic mass is 9.98. The molecule has 1 rings (SSSR count). The number of carbonyl (C=O) groups excluding carboxylic acids is 1. The molecule has 0 aromatic carbocycles. The highest BCUT2D eigenvalue weighted by atomic mass is 16.2. The molecule has 4 heteroatoms. The van der Waals surface area contributed by atoms with Gasteiger partial charge < -0.3 is 11.1 Å². The second-order valence-electron chi connectivity index (χ2n) is 6.77. The third-order valence-electron chi connectivity index (χ3n) is 4.13. The maximum Gasteiger partial charge on any atom is 0.234 e. The Morgan fingerprint density at radius 3 is 2.75 bits per heavy atom. The molecule has 2 atom stereocenters. The fourth-order valence-electron chi connectivity index (χ4n) is 2.92. The Bertz CT molecular complexity index is 281. The van der Waals surface area contributed by atoms with E-state index in [2.05, 4.69) is 31.0 Å². The average molecular weight is 283 g/mol. The molecule has 2 unspecified atom stereocenters. The molecule has 118 valence electrons. The van der Waals surface area contributed by atoms with Crippen LogP contribution in [0.15, 0.2) is 0 Å². The van der Waals surface area contributed by atoms with Gasteiger partial charge in [-0.05, 0) is 51.1 Å². The Balaban J connectivity index is 2.18. The van der Waals surface area contributed by atoms with Gasteiger partial charge in [-0.25, -0.2) is 0 Å². The van der Waals surface area contributed by atoms with Gasteiger partial charge in [0, 0.05) is 12.6 Å². The number of nitrogens with zero attached hydrogens (tertiary/aromatic N) is 1. The van der Waals surface area contributed by atoms with Crippen LogP contribution in [0.1, 0.15) is 52.9 Å². The molecule has 1 aliphatic rings. The summed E-state index contributed by atoms with van der Waals surface area (Å²) in [7, 11) is 0. The largest absolute Gasteiger partial charge is 0.353 e. The molecule has 0 aromatic rings. The summed E-state index contributed by atoms with van der Waals surface area (Å²) in [6.07, 6.45) is 5.89. The Labute approximate surface area is 124 Å². The van der Waals surface area contributed by atoms with E-state index in [0.29, 0.717) is 12.5 Å². The number of hydrogen-bond donors (Lipinski definition) is 2. The molecule has 0 bridgehead atoms.